The maximum absolute atomic E-state index is 12.2. The highest BCUT2D eigenvalue weighted by Gasteiger charge is 2.37. The number of hydrogen-bond donors (Lipinski definition) is 0. The summed E-state index contributed by atoms with van der Waals surface area (Å²) in [5.41, 5.74) is 3.91. The Kier molecular flexibility index (Phi) is 2.50. The largest absolute Gasteiger partial charge is 0.290 e. The number of fused-ring (bicyclic) bond motifs is 1. The number of carbonyl (C=O) groups is 1. The van der Waals surface area contributed by atoms with E-state index in [4.69, 9.17) is 0 Å². The van der Waals surface area contributed by atoms with E-state index in [0.29, 0.717) is 5.78 Å². The maximum Gasteiger partial charge on any atom is 0.181 e. The first-order valence-corrected chi connectivity index (χ1v) is 9.41. The molecule has 82 valence electrons. The Labute approximate surface area is 93.3 Å². The first kappa shape index (κ1) is 10.9. The van der Waals surface area contributed by atoms with Gasteiger partial charge in [0.2, 0.25) is 0 Å². The van der Waals surface area contributed by atoms with Gasteiger partial charge in [-0.25, -0.2) is 0 Å². The molecule has 15 heavy (non-hydrogen) atoms. The highest BCUT2D eigenvalue weighted by molar-refractivity contribution is 6.88. The fourth-order valence-electron chi connectivity index (χ4n) is 2.85. The van der Waals surface area contributed by atoms with Crippen LogP contribution in [0.25, 0.3) is 0 Å². The Morgan fingerprint density at radius 3 is 2.07 bits per heavy atom. The molecule has 0 unspecified atom stereocenters. The number of Topliss-reactive ketones (excluding diaryl/α,β-unsaturated/α-hetero) is 1. The van der Waals surface area contributed by atoms with E-state index in [9.17, 15) is 4.79 Å². The van der Waals surface area contributed by atoms with E-state index in [0.717, 1.165) is 18.4 Å². The lowest BCUT2D eigenvalue weighted by molar-refractivity contribution is -0.111. The molecule has 0 aromatic rings. The molecule has 0 heterocycles. The van der Waals surface area contributed by atoms with Gasteiger partial charge in [-0.2, -0.15) is 0 Å². The number of allylic oxidation sites excluding steroid dienone is 4. The van der Waals surface area contributed by atoms with E-state index in [2.05, 4.69) is 19.6 Å². The molecular weight excluding hydrogens is 200 g/mol. The molecule has 1 fully saturated rings. The summed E-state index contributed by atoms with van der Waals surface area (Å²) in [6, 6.07) is 0. The summed E-state index contributed by atoms with van der Waals surface area (Å²) in [5.74, 6) is 0.376. The third-order valence-corrected chi connectivity index (χ3v) is 5.57. The summed E-state index contributed by atoms with van der Waals surface area (Å²) in [6.07, 6.45) is 4.83. The van der Waals surface area contributed by atoms with E-state index >= 15 is 0 Å². The zero-order valence-corrected chi connectivity index (χ0v) is 11.2. The zero-order valence-electron chi connectivity index (χ0n) is 10.2. The van der Waals surface area contributed by atoms with Crippen LogP contribution in [0, 0.1) is 0 Å². The fraction of sp³-hybridized carbons (Fsp3) is 0.615. The summed E-state index contributed by atoms with van der Waals surface area (Å²) in [4.78, 5) is 12.2. The second-order valence-electron chi connectivity index (χ2n) is 5.74. The van der Waals surface area contributed by atoms with Gasteiger partial charge in [0, 0.05) is 0 Å². The van der Waals surface area contributed by atoms with Crippen LogP contribution in [-0.4, -0.2) is 13.9 Å². The third kappa shape index (κ3) is 1.65. The third-order valence-electron chi connectivity index (χ3n) is 3.54. The Bertz CT molecular complexity index is 380. The molecule has 0 spiro atoms. The second kappa shape index (κ2) is 3.44. The van der Waals surface area contributed by atoms with E-state index in [1.165, 1.54) is 29.2 Å². The Morgan fingerprint density at radius 2 is 1.53 bits per heavy atom. The predicted molar refractivity (Wildman–Crippen MR) is 66.5 cm³/mol. The monoisotopic (exact) mass is 220 g/mol. The van der Waals surface area contributed by atoms with Gasteiger partial charge in [-0.1, -0.05) is 19.6 Å². The molecule has 0 aromatic carbocycles. The van der Waals surface area contributed by atoms with Crippen molar-refractivity contribution >= 4 is 13.9 Å². The van der Waals surface area contributed by atoms with Crippen molar-refractivity contribution in [2.75, 3.05) is 0 Å². The molecule has 1 nitrogen and oxygen atoms in total. The van der Waals surface area contributed by atoms with Gasteiger partial charge in [0.15, 0.2) is 5.78 Å². The summed E-state index contributed by atoms with van der Waals surface area (Å²) in [5, 5.41) is 1.23. The minimum atomic E-state index is -1.45. The normalized spacial score (nSPS) is 22.5. The lowest BCUT2D eigenvalue weighted by Gasteiger charge is -2.22. The highest BCUT2D eigenvalue weighted by Crippen LogP contribution is 2.42. The van der Waals surface area contributed by atoms with Crippen molar-refractivity contribution in [1.29, 1.82) is 0 Å². The molecule has 0 N–H and O–H groups in total. The van der Waals surface area contributed by atoms with Gasteiger partial charge in [0.05, 0.1) is 8.07 Å². The van der Waals surface area contributed by atoms with Crippen molar-refractivity contribution in [2.24, 2.45) is 0 Å². The van der Waals surface area contributed by atoms with Crippen molar-refractivity contribution in [2.45, 2.75) is 52.2 Å². The van der Waals surface area contributed by atoms with Gasteiger partial charge in [0.1, 0.15) is 0 Å². The molecule has 0 atom stereocenters. The standard InChI is InChI=1S/C13H20OSi/c1-9-10-7-5-6-8-11(10)13(12(9)14)15(2,3)4/h5-8H2,1-4H3. The summed E-state index contributed by atoms with van der Waals surface area (Å²) in [7, 11) is -1.45. The summed E-state index contributed by atoms with van der Waals surface area (Å²) < 4.78 is 0. The zero-order chi connectivity index (χ0) is 11.2. The average molecular weight is 220 g/mol. The van der Waals surface area contributed by atoms with Crippen LogP contribution in [0.15, 0.2) is 21.9 Å². The van der Waals surface area contributed by atoms with E-state index < -0.39 is 8.07 Å². The van der Waals surface area contributed by atoms with Crippen molar-refractivity contribution < 1.29 is 4.79 Å². The molecule has 0 aliphatic heterocycles. The number of rotatable bonds is 1. The Balaban J connectivity index is 2.53. The Hall–Kier alpha value is -0.633. The summed E-state index contributed by atoms with van der Waals surface area (Å²) >= 11 is 0. The van der Waals surface area contributed by atoms with Gasteiger partial charge in [-0.05, 0) is 54.5 Å². The molecule has 2 aliphatic rings. The van der Waals surface area contributed by atoms with E-state index in [1.807, 2.05) is 6.92 Å². The smallest absolute Gasteiger partial charge is 0.181 e. The number of carbonyl (C=O) groups excluding carboxylic acids is 1. The highest BCUT2D eigenvalue weighted by atomic mass is 28.3. The molecule has 2 rings (SSSR count). The molecule has 2 aliphatic carbocycles. The van der Waals surface area contributed by atoms with Gasteiger partial charge >= 0.3 is 0 Å². The average Bonchev–Trinajstić information content (AvgIpc) is 2.39. The maximum atomic E-state index is 12.2. The second-order valence-corrected chi connectivity index (χ2v) is 10.7. The van der Waals surface area contributed by atoms with Gasteiger partial charge in [-0.3, -0.25) is 4.79 Å². The minimum Gasteiger partial charge on any atom is -0.290 e. The Morgan fingerprint density at radius 1 is 1.00 bits per heavy atom. The van der Waals surface area contributed by atoms with Crippen LogP contribution in [-0.2, 0) is 4.79 Å². The quantitative estimate of drug-likeness (QED) is 0.617. The lowest BCUT2D eigenvalue weighted by Crippen LogP contribution is -2.29. The van der Waals surface area contributed by atoms with Crippen LogP contribution in [0.3, 0.4) is 0 Å². The molecule has 0 radical (unpaired) electrons. The molecule has 0 saturated heterocycles. The van der Waals surface area contributed by atoms with Crippen LogP contribution in [0.2, 0.25) is 19.6 Å². The molecule has 0 aromatic heterocycles. The van der Waals surface area contributed by atoms with Gasteiger partial charge in [-0.15, -0.1) is 0 Å². The summed E-state index contributed by atoms with van der Waals surface area (Å²) in [6.45, 7) is 8.89. The van der Waals surface area contributed by atoms with Crippen molar-refractivity contribution in [3.63, 3.8) is 0 Å². The SMILES string of the molecule is CC1=C2CCCCC2=C([Si](C)(C)C)C1=O. The van der Waals surface area contributed by atoms with Crippen LogP contribution in [0.4, 0.5) is 0 Å². The first-order valence-electron chi connectivity index (χ1n) is 5.91. The van der Waals surface area contributed by atoms with Crippen LogP contribution in [0.5, 0.6) is 0 Å². The lowest BCUT2D eigenvalue weighted by atomic mass is 9.90. The molecule has 1 saturated carbocycles. The molecule has 2 heteroatoms. The fourth-order valence-corrected chi connectivity index (χ4v) is 4.90. The number of hydrogen-bond acceptors (Lipinski definition) is 1. The topological polar surface area (TPSA) is 17.1 Å². The predicted octanol–water partition coefficient (Wildman–Crippen LogP) is 3.63. The molecule has 0 bridgehead atoms. The molecular formula is C13H20OSi. The van der Waals surface area contributed by atoms with Gasteiger partial charge < -0.3 is 0 Å². The van der Waals surface area contributed by atoms with Crippen LogP contribution >= 0.6 is 0 Å². The van der Waals surface area contributed by atoms with Crippen LogP contribution in [0.1, 0.15) is 32.6 Å². The van der Waals surface area contributed by atoms with Crippen molar-refractivity contribution in [3.05, 3.63) is 21.9 Å². The van der Waals surface area contributed by atoms with E-state index in [1.54, 1.807) is 0 Å². The number of ketones is 1. The van der Waals surface area contributed by atoms with Crippen molar-refractivity contribution in [1.82, 2.24) is 0 Å². The van der Waals surface area contributed by atoms with E-state index in [-0.39, 0.29) is 0 Å². The van der Waals surface area contributed by atoms with Crippen molar-refractivity contribution in [3.8, 4) is 0 Å². The van der Waals surface area contributed by atoms with Gasteiger partial charge in [0.25, 0.3) is 0 Å². The molecule has 0 amide bonds. The first-order chi connectivity index (χ1) is 6.93. The van der Waals surface area contributed by atoms with Crippen LogP contribution < -0.4 is 0 Å². The minimum absolute atomic E-state index is 0.376.